The van der Waals surface area contributed by atoms with Gasteiger partial charge in [-0.05, 0) is 37.5 Å². The monoisotopic (exact) mass is 244 g/mol. The first-order valence-corrected chi connectivity index (χ1v) is 6.30. The van der Waals surface area contributed by atoms with Crippen molar-refractivity contribution in [3.63, 3.8) is 0 Å². The molecule has 0 aromatic heterocycles. The average molecular weight is 244 g/mol. The van der Waals surface area contributed by atoms with Gasteiger partial charge in [-0.2, -0.15) is 0 Å². The topological polar surface area (TPSA) is 46.5 Å². The number of hydrogen-bond donors (Lipinski definition) is 1. The zero-order valence-electron chi connectivity index (χ0n) is 10.8. The second-order valence-electron chi connectivity index (χ2n) is 5.48. The van der Waals surface area contributed by atoms with Gasteiger partial charge in [0, 0.05) is 0 Å². The van der Waals surface area contributed by atoms with Crippen LogP contribution in [-0.2, 0) is 9.53 Å². The summed E-state index contributed by atoms with van der Waals surface area (Å²) < 4.78 is 5.41. The molecule has 0 spiro atoms. The zero-order valence-corrected chi connectivity index (χ0v) is 10.8. The molecule has 1 fully saturated rings. The predicted molar refractivity (Wildman–Crippen MR) is 69.6 cm³/mol. The summed E-state index contributed by atoms with van der Waals surface area (Å²) in [4.78, 5) is 11.4. The Balaban J connectivity index is 0.00000256. The number of ether oxygens (including phenoxy) is 1. The summed E-state index contributed by atoms with van der Waals surface area (Å²) in [5.74, 6) is 1.10. The molecule has 1 rings (SSSR count). The molecule has 3 nitrogen and oxygen atoms in total. The van der Waals surface area contributed by atoms with E-state index in [4.69, 9.17) is 9.84 Å². The van der Waals surface area contributed by atoms with Crippen LogP contribution in [0.5, 0.6) is 0 Å². The van der Waals surface area contributed by atoms with Gasteiger partial charge in [0.2, 0.25) is 0 Å². The molecule has 17 heavy (non-hydrogen) atoms. The van der Waals surface area contributed by atoms with Gasteiger partial charge in [0.25, 0.3) is 0 Å². The first-order valence-electron chi connectivity index (χ1n) is 6.30. The van der Waals surface area contributed by atoms with Crippen LogP contribution in [0.1, 0.15) is 54.4 Å². The molecule has 102 valence electrons. The molecule has 0 radical (unpaired) electrons. The summed E-state index contributed by atoms with van der Waals surface area (Å²) >= 11 is 0. The fourth-order valence-corrected chi connectivity index (χ4v) is 2.50. The summed E-state index contributed by atoms with van der Waals surface area (Å²) in [6.45, 7) is 7.99. The van der Waals surface area contributed by atoms with Crippen molar-refractivity contribution in [2.75, 3.05) is 0 Å². The van der Waals surface area contributed by atoms with Crippen LogP contribution in [-0.4, -0.2) is 23.3 Å². The van der Waals surface area contributed by atoms with Crippen LogP contribution in [0.25, 0.3) is 0 Å². The van der Waals surface area contributed by atoms with Crippen molar-refractivity contribution in [3.05, 3.63) is 0 Å². The lowest BCUT2D eigenvalue weighted by molar-refractivity contribution is -0.164. The number of aliphatic hydroxyl groups is 1. The van der Waals surface area contributed by atoms with Crippen LogP contribution in [0.3, 0.4) is 0 Å². The van der Waals surface area contributed by atoms with E-state index in [9.17, 15) is 4.79 Å². The maximum Gasteiger partial charge on any atom is 0.334 e. The Hall–Kier alpha value is -0.570. The highest BCUT2D eigenvalue weighted by Gasteiger charge is 2.33. The third-order valence-corrected chi connectivity index (χ3v) is 3.57. The highest BCUT2D eigenvalue weighted by molar-refractivity contribution is 5.74. The summed E-state index contributed by atoms with van der Waals surface area (Å²) in [7, 11) is 0. The molecule has 1 N–H and O–H groups in total. The number of hydrogen-bond acceptors (Lipinski definition) is 3. The van der Waals surface area contributed by atoms with E-state index in [0.29, 0.717) is 17.8 Å². The van der Waals surface area contributed by atoms with Gasteiger partial charge in [-0.15, -0.1) is 0 Å². The lowest BCUT2D eigenvalue weighted by atomic mass is 9.75. The fourth-order valence-electron chi connectivity index (χ4n) is 2.50. The Morgan fingerprint density at radius 2 is 1.88 bits per heavy atom. The molecule has 0 aromatic rings. The maximum absolute atomic E-state index is 11.4. The molecule has 3 heteroatoms. The third kappa shape index (κ3) is 4.66. The number of rotatable bonds is 3. The largest absolute Gasteiger partial charge is 0.460 e. The molecule has 0 saturated heterocycles. The van der Waals surface area contributed by atoms with Gasteiger partial charge in [0.15, 0.2) is 0 Å². The Kier molecular flexibility index (Phi) is 6.76. The summed E-state index contributed by atoms with van der Waals surface area (Å²) in [6, 6.07) is 0. The lowest BCUT2D eigenvalue weighted by Gasteiger charge is -2.36. The van der Waals surface area contributed by atoms with E-state index < -0.39 is 12.1 Å². The molecule has 0 heterocycles. The number of esters is 1. The van der Waals surface area contributed by atoms with Crippen molar-refractivity contribution < 1.29 is 14.6 Å². The first-order chi connectivity index (χ1) is 7.41. The zero-order chi connectivity index (χ0) is 12.3. The van der Waals surface area contributed by atoms with E-state index in [0.717, 1.165) is 12.8 Å². The van der Waals surface area contributed by atoms with Crippen LogP contribution in [0.15, 0.2) is 0 Å². The SMILES string of the molecule is C.CC(O)C(=O)O[C@@H]1C[C@H](C)CC[C@H]1C(C)C. The minimum absolute atomic E-state index is 0. The van der Waals surface area contributed by atoms with Gasteiger partial charge in [0.1, 0.15) is 12.2 Å². The van der Waals surface area contributed by atoms with Crippen LogP contribution in [0.4, 0.5) is 0 Å². The molecule has 0 bridgehead atoms. The van der Waals surface area contributed by atoms with Gasteiger partial charge >= 0.3 is 5.97 Å². The standard InChI is InChI=1S/C13H24O3.CH4/c1-8(2)11-6-5-9(3)7-12(11)16-13(15)10(4)14;/h8-12,14H,5-7H2,1-4H3;1H4/t9-,10?,11+,12-;/m1./s1. The quantitative estimate of drug-likeness (QED) is 0.776. The van der Waals surface area contributed by atoms with E-state index in [1.54, 1.807) is 0 Å². The van der Waals surface area contributed by atoms with E-state index in [1.165, 1.54) is 13.3 Å². The van der Waals surface area contributed by atoms with Crippen molar-refractivity contribution in [2.45, 2.75) is 66.6 Å². The van der Waals surface area contributed by atoms with E-state index >= 15 is 0 Å². The van der Waals surface area contributed by atoms with Gasteiger partial charge < -0.3 is 9.84 Å². The molecule has 0 aromatic carbocycles. The molecule has 0 aliphatic heterocycles. The number of carbonyl (C=O) groups excluding carboxylic acids is 1. The van der Waals surface area contributed by atoms with Crippen molar-refractivity contribution in [3.8, 4) is 0 Å². The summed E-state index contributed by atoms with van der Waals surface area (Å²) in [5.41, 5.74) is 0. The molecule has 0 amide bonds. The van der Waals surface area contributed by atoms with Crippen molar-refractivity contribution in [1.29, 1.82) is 0 Å². The summed E-state index contributed by atoms with van der Waals surface area (Å²) in [6.07, 6.45) is 2.25. The van der Waals surface area contributed by atoms with Crippen molar-refractivity contribution in [2.24, 2.45) is 17.8 Å². The fraction of sp³-hybridized carbons (Fsp3) is 0.929. The van der Waals surface area contributed by atoms with Gasteiger partial charge in [0.05, 0.1) is 0 Å². The van der Waals surface area contributed by atoms with Gasteiger partial charge in [-0.1, -0.05) is 34.6 Å². The van der Waals surface area contributed by atoms with Crippen LogP contribution in [0.2, 0.25) is 0 Å². The molecule has 1 saturated carbocycles. The van der Waals surface area contributed by atoms with Crippen molar-refractivity contribution in [1.82, 2.24) is 0 Å². The molecule has 1 aliphatic carbocycles. The molecular formula is C14H28O3. The number of carbonyl (C=O) groups is 1. The minimum Gasteiger partial charge on any atom is -0.460 e. The van der Waals surface area contributed by atoms with Gasteiger partial charge in [-0.3, -0.25) is 0 Å². The first kappa shape index (κ1) is 16.4. The molecule has 1 unspecified atom stereocenters. The Morgan fingerprint density at radius 3 is 2.35 bits per heavy atom. The molecular weight excluding hydrogens is 216 g/mol. The molecule has 4 atom stereocenters. The highest BCUT2D eigenvalue weighted by Crippen LogP contribution is 2.35. The normalized spacial score (nSPS) is 30.6. The van der Waals surface area contributed by atoms with E-state index in [-0.39, 0.29) is 13.5 Å². The lowest BCUT2D eigenvalue weighted by Crippen LogP contribution is -2.37. The van der Waals surface area contributed by atoms with Crippen LogP contribution >= 0.6 is 0 Å². The third-order valence-electron chi connectivity index (χ3n) is 3.57. The predicted octanol–water partition coefficient (Wildman–Crippen LogP) is 3.01. The Morgan fingerprint density at radius 1 is 1.29 bits per heavy atom. The molecule has 1 aliphatic rings. The maximum atomic E-state index is 11.4. The van der Waals surface area contributed by atoms with Gasteiger partial charge in [-0.25, -0.2) is 4.79 Å². The second kappa shape index (κ2) is 7.00. The highest BCUT2D eigenvalue weighted by atomic mass is 16.6. The smallest absolute Gasteiger partial charge is 0.334 e. The Bertz CT molecular complexity index is 236. The number of aliphatic hydroxyl groups excluding tert-OH is 1. The van der Waals surface area contributed by atoms with Crippen molar-refractivity contribution >= 4 is 5.97 Å². The second-order valence-corrected chi connectivity index (χ2v) is 5.48. The van der Waals surface area contributed by atoms with Crippen LogP contribution in [0, 0.1) is 17.8 Å². The average Bonchev–Trinajstić information content (AvgIpc) is 2.16. The van der Waals surface area contributed by atoms with Crippen LogP contribution < -0.4 is 0 Å². The van der Waals surface area contributed by atoms with E-state index in [2.05, 4.69) is 20.8 Å². The van der Waals surface area contributed by atoms with E-state index in [1.807, 2.05) is 0 Å². The Labute approximate surface area is 106 Å². The summed E-state index contributed by atoms with van der Waals surface area (Å²) in [5, 5.41) is 9.17. The minimum atomic E-state index is -1.01.